The number of amides is 14. The number of carboxylic acid groups (broad SMARTS) is 1. The van der Waals surface area contributed by atoms with Gasteiger partial charge in [-0.2, -0.15) is 0 Å². The Bertz CT molecular complexity index is 3670. The molecule has 14 amide bonds. The number of para-hydroxylation sites is 1. The number of unbranched alkanes of at least 4 members (excludes halogenated alkanes) is 2. The van der Waals surface area contributed by atoms with Crippen LogP contribution in [0.25, 0.3) is 10.9 Å². The number of carbonyl (C=O) groups is 16. The van der Waals surface area contributed by atoms with Crippen LogP contribution in [0.1, 0.15) is 129 Å². The second-order valence-corrected chi connectivity index (χ2v) is 27.7. The molecule has 0 aliphatic carbocycles. The highest BCUT2D eigenvalue weighted by Gasteiger charge is 2.42. The molecule has 4 unspecified atom stereocenters. The minimum Gasteiger partial charge on any atom is -0.481 e. The van der Waals surface area contributed by atoms with Crippen LogP contribution < -0.4 is 76.1 Å². The van der Waals surface area contributed by atoms with Gasteiger partial charge in [0.15, 0.2) is 6.10 Å². The first kappa shape index (κ1) is 91.7. The van der Waals surface area contributed by atoms with Gasteiger partial charge in [0, 0.05) is 50.5 Å². The van der Waals surface area contributed by atoms with Crippen LogP contribution in [0, 0.1) is 11.8 Å². The van der Waals surface area contributed by atoms with E-state index in [0.717, 1.165) is 9.80 Å². The third-order valence-corrected chi connectivity index (χ3v) is 18.2. The Morgan fingerprint density at radius 2 is 1.10 bits per heavy atom. The van der Waals surface area contributed by atoms with Crippen molar-refractivity contribution >= 4 is 106 Å². The van der Waals surface area contributed by atoms with Gasteiger partial charge in [-0.1, -0.05) is 96.0 Å². The number of nitrogens with two attached hydrogens (primary N) is 4. The number of aromatic amines is 1. The van der Waals surface area contributed by atoms with Gasteiger partial charge in [-0.25, -0.2) is 4.79 Å². The lowest BCUT2D eigenvalue weighted by atomic mass is 9.99. The van der Waals surface area contributed by atoms with Gasteiger partial charge in [-0.05, 0) is 93.5 Å². The zero-order chi connectivity index (χ0) is 82.1. The van der Waals surface area contributed by atoms with Gasteiger partial charge in [-0.15, -0.1) is 0 Å². The van der Waals surface area contributed by atoms with Gasteiger partial charge >= 0.3 is 11.9 Å². The normalized spacial score (nSPS) is 24.3. The largest absolute Gasteiger partial charge is 0.481 e. The maximum absolute atomic E-state index is 15.0. The number of nitrogens with zero attached hydrogens (tertiary/aromatic N) is 2. The van der Waals surface area contributed by atoms with Crippen molar-refractivity contribution in [1.82, 2.24) is 68.0 Å². The Morgan fingerprint density at radius 3 is 1.68 bits per heavy atom. The summed E-state index contributed by atoms with van der Waals surface area (Å²) in [5, 5.41) is 65.9. The minimum absolute atomic E-state index is 0.0196. The Kier molecular flexibility index (Phi) is 38.3. The highest BCUT2D eigenvalue weighted by molar-refractivity contribution is 6.01. The number of likely N-dealkylation sites (N-methyl/N-ethyl adjacent to an activating group) is 2. The fraction of sp³-hybridized carbons (Fsp3) is 0.583. The van der Waals surface area contributed by atoms with Crippen molar-refractivity contribution in [3.05, 3.63) is 71.9 Å². The number of carbonyl (C=O) groups excluding carboxylic acids is 15. The van der Waals surface area contributed by atoms with Crippen LogP contribution in [0.5, 0.6) is 0 Å². The molecule has 1 fully saturated rings. The van der Waals surface area contributed by atoms with E-state index in [1.807, 2.05) is 17.6 Å². The van der Waals surface area contributed by atoms with Crippen molar-refractivity contribution in [3.8, 4) is 0 Å². The van der Waals surface area contributed by atoms with E-state index in [2.05, 4.69) is 47.5 Å². The number of cyclic esters (lactones) is 1. The van der Waals surface area contributed by atoms with E-state index >= 15 is 4.79 Å². The number of hydrogen-bond donors (Lipinski definition) is 19. The van der Waals surface area contributed by atoms with Crippen molar-refractivity contribution < 1.29 is 102 Å². The van der Waals surface area contributed by atoms with E-state index < -0.39 is 225 Å². The van der Waals surface area contributed by atoms with Crippen molar-refractivity contribution in [3.63, 3.8) is 0 Å². The summed E-state index contributed by atoms with van der Waals surface area (Å²) in [4.78, 5) is 230. The fourth-order valence-corrected chi connectivity index (χ4v) is 12.1. The summed E-state index contributed by atoms with van der Waals surface area (Å²) in [6.07, 6.45) is -4.76. The summed E-state index contributed by atoms with van der Waals surface area (Å²) in [6, 6.07) is -4.42. The Balaban J connectivity index is 1.91. The van der Waals surface area contributed by atoms with Gasteiger partial charge in [0.1, 0.15) is 72.6 Å². The van der Waals surface area contributed by atoms with Gasteiger partial charge in [0.25, 0.3) is 0 Å². The SMILES string of the molecule is CCCCCC1CC(=O)NC(CO)C(=O)NC([C@@H](O)C(N)=O)C(=O)N[C@@H](CO)C(=O)NCC(=O)N(C)[C@H](Cc2ccccc2)C(=O)N[C@@H](CC(C)C)C(=O)N[C@H](CCCN)C(=O)N[C@@H](CCC(=O)O)C(=O)N[C@H](CC(N)=O)C(=O)NC(Cc2c[nH]c3ccccc23)C(=O)N[C@H](CCCN)C(=O)N(C)[C@@H](C(C)C)C(=O)O1. The standard InChI is InChI=1S/C72H109N17O21/c1-8-9-11-20-42-32-55(93)79-52(37-91)68(105)87-58(60(97)61(76)98)70(107)86-51(36-90)62(99)78-35-56(94)88(6)53(30-40-18-12-10-13-19-40)69(106)85-48(29-38(2)3)65(102)80-45(23-16-27-73)63(100)81-46(25-26-57(95)96)64(101)84-50(33-54(75)92)67(104)83-49(31-41-34-77-44-22-15-14-21-43(41)44)66(103)82-47(24-17-28-74)71(108)89(7)59(39(4)5)72(109)110-42/h10,12-15,18-19,21-22,34,38-39,42,45-53,58-60,77,90-91,97H,8-9,11,16-17,20,23-33,35-37,73-74H2,1-7H3,(H2,75,92)(H2,76,98)(H,78,99)(H,79,93)(H,80,102)(H,81,100)(H,82,103)(H,83,104)(H,84,101)(H,85,106)(H,86,107)(H,87,105)(H,95,96)/t42?,45-,46+,47-,48+,49?,50-,51+,52?,53-,58?,59+,60-/m1/s1. The number of esters is 1. The van der Waals surface area contributed by atoms with E-state index in [4.69, 9.17) is 27.7 Å². The van der Waals surface area contributed by atoms with Crippen LogP contribution in [-0.4, -0.2) is 255 Å². The molecule has 2 aromatic carbocycles. The van der Waals surface area contributed by atoms with Crippen LogP contribution in [0.3, 0.4) is 0 Å². The van der Waals surface area contributed by atoms with E-state index in [-0.39, 0.29) is 70.4 Å². The van der Waals surface area contributed by atoms with E-state index in [0.29, 0.717) is 41.3 Å². The zero-order valence-corrected chi connectivity index (χ0v) is 63.0. The summed E-state index contributed by atoms with van der Waals surface area (Å²) in [7, 11) is 2.44. The lowest BCUT2D eigenvalue weighted by molar-refractivity contribution is -0.162. The number of benzene rings is 2. The number of rotatable bonds is 26. The monoisotopic (exact) mass is 1550 g/mol. The molecule has 0 bridgehead atoms. The molecule has 2 heterocycles. The van der Waals surface area contributed by atoms with Crippen molar-refractivity contribution in [2.24, 2.45) is 34.8 Å². The van der Waals surface area contributed by atoms with Crippen molar-refractivity contribution in [2.75, 3.05) is 46.9 Å². The first-order chi connectivity index (χ1) is 52.1. The predicted molar refractivity (Wildman–Crippen MR) is 395 cm³/mol. The molecule has 38 heteroatoms. The number of carboxylic acids is 1. The number of ether oxygens (including phenoxy) is 1. The molecule has 23 N–H and O–H groups in total. The minimum atomic E-state index is -2.58. The van der Waals surface area contributed by atoms with Crippen molar-refractivity contribution in [2.45, 2.75) is 210 Å². The van der Waals surface area contributed by atoms with E-state index in [1.165, 1.54) is 14.1 Å². The number of fused-ring (bicyclic) bond motifs is 1. The number of aliphatic hydroxyl groups is 3. The van der Waals surface area contributed by atoms with Gasteiger partial charge in [-0.3, -0.25) is 71.9 Å². The maximum Gasteiger partial charge on any atom is 0.329 e. The Labute approximate surface area is 636 Å². The summed E-state index contributed by atoms with van der Waals surface area (Å²) in [6.45, 7) is 4.96. The molecule has 4 rings (SSSR count). The molecule has 1 aliphatic rings. The van der Waals surface area contributed by atoms with Crippen LogP contribution >= 0.6 is 0 Å². The molecule has 1 aliphatic heterocycles. The number of hydrogen-bond acceptors (Lipinski definition) is 22. The fourth-order valence-electron chi connectivity index (χ4n) is 12.1. The third-order valence-electron chi connectivity index (χ3n) is 18.2. The van der Waals surface area contributed by atoms with E-state index in [1.54, 1.807) is 88.5 Å². The predicted octanol–water partition coefficient (Wildman–Crippen LogP) is -5.27. The third kappa shape index (κ3) is 29.0. The molecule has 1 aromatic heterocycles. The number of primary amides is 2. The summed E-state index contributed by atoms with van der Waals surface area (Å²) >= 11 is 0. The average Bonchev–Trinajstić information content (AvgIpc) is 1.50. The van der Waals surface area contributed by atoms with Gasteiger partial charge in [0.05, 0.1) is 32.6 Å². The van der Waals surface area contributed by atoms with Gasteiger partial charge in [0.2, 0.25) is 82.7 Å². The number of H-pyrrole nitrogens is 1. The van der Waals surface area contributed by atoms with Crippen LogP contribution in [-0.2, 0) is 94.3 Å². The smallest absolute Gasteiger partial charge is 0.329 e. The molecule has 3 aromatic rings. The Morgan fingerprint density at radius 1 is 0.573 bits per heavy atom. The first-order valence-electron chi connectivity index (χ1n) is 36.5. The molecule has 110 heavy (non-hydrogen) atoms. The van der Waals surface area contributed by atoms with E-state index in [9.17, 15) is 92.3 Å². The average molecular weight is 1550 g/mol. The first-order valence-corrected chi connectivity index (χ1v) is 36.5. The van der Waals surface area contributed by atoms with Crippen LogP contribution in [0.15, 0.2) is 60.8 Å². The summed E-state index contributed by atoms with van der Waals surface area (Å²) < 4.78 is 5.98. The lowest BCUT2D eigenvalue weighted by Crippen LogP contribution is -2.63. The van der Waals surface area contributed by atoms with Crippen LogP contribution in [0.2, 0.25) is 0 Å². The lowest BCUT2D eigenvalue weighted by Gasteiger charge is -2.34. The second kappa shape index (κ2) is 46.0. The topological polar surface area (TPSA) is 610 Å². The van der Waals surface area contributed by atoms with Crippen LogP contribution in [0.4, 0.5) is 0 Å². The molecule has 0 saturated carbocycles. The number of aliphatic carboxylic acids is 1. The number of aliphatic hydroxyl groups excluding tert-OH is 3. The molecular weight excluding hydrogens is 1440 g/mol. The number of nitrogens with one attached hydrogen (secondary N) is 11. The van der Waals surface area contributed by atoms with Crippen molar-refractivity contribution in [1.29, 1.82) is 0 Å². The molecular formula is C72H109N17O21. The second-order valence-electron chi connectivity index (χ2n) is 27.7. The molecule has 0 radical (unpaired) electrons. The Hall–Kier alpha value is -10.7. The maximum atomic E-state index is 15.0. The molecule has 1 saturated heterocycles. The summed E-state index contributed by atoms with van der Waals surface area (Å²) in [5.74, 6) is -20.0. The molecule has 13 atom stereocenters. The van der Waals surface area contributed by atoms with Gasteiger partial charge < -0.3 is 116 Å². The quantitative estimate of drug-likeness (QED) is 0.0264. The zero-order valence-electron chi connectivity index (χ0n) is 63.0. The highest BCUT2D eigenvalue weighted by atomic mass is 16.5. The molecule has 38 nitrogen and oxygen atoms in total. The molecule has 608 valence electrons. The highest BCUT2D eigenvalue weighted by Crippen LogP contribution is 2.23. The summed E-state index contributed by atoms with van der Waals surface area (Å²) in [5.41, 5.74) is 24.4. The molecule has 0 spiro atoms. The number of aromatic nitrogens is 1.